The molecule has 0 aliphatic carbocycles. The molecular formula is C15H26N2O2. The molecule has 0 saturated carbocycles. The summed E-state index contributed by atoms with van der Waals surface area (Å²) in [6, 6.07) is 0.480. The van der Waals surface area contributed by atoms with Crippen molar-refractivity contribution in [3.63, 3.8) is 0 Å². The second kappa shape index (κ2) is 6.06. The number of aromatic nitrogens is 1. The maximum absolute atomic E-state index is 5.79. The van der Waals surface area contributed by atoms with Crippen LogP contribution in [0, 0.1) is 5.92 Å². The van der Waals surface area contributed by atoms with Crippen molar-refractivity contribution in [3.8, 4) is 0 Å². The Labute approximate surface area is 115 Å². The van der Waals surface area contributed by atoms with Crippen molar-refractivity contribution < 1.29 is 9.15 Å². The molecule has 2 rings (SSSR count). The molecule has 1 aliphatic heterocycles. The lowest BCUT2D eigenvalue weighted by molar-refractivity contribution is 0.0555. The van der Waals surface area contributed by atoms with Crippen molar-refractivity contribution in [1.29, 1.82) is 0 Å². The zero-order chi connectivity index (χ0) is 13.9. The van der Waals surface area contributed by atoms with Crippen molar-refractivity contribution in [1.82, 2.24) is 10.3 Å². The molecule has 19 heavy (non-hydrogen) atoms. The minimum atomic E-state index is 0.0254. The standard InChI is InChI=1S/C15H26N2O2/c1-11(12-5-7-18-8-6-12)16-10-14-17-9-13(19-14)15(2,3)4/h9,11-12,16H,5-8,10H2,1-4H3/t11-/m0/s1. The molecule has 0 amide bonds. The Balaban J connectivity index is 1.83. The van der Waals surface area contributed by atoms with E-state index in [9.17, 15) is 0 Å². The fourth-order valence-electron chi connectivity index (χ4n) is 2.37. The van der Waals surface area contributed by atoms with E-state index in [2.05, 4.69) is 38.0 Å². The molecule has 1 aromatic heterocycles. The molecule has 1 N–H and O–H groups in total. The van der Waals surface area contributed by atoms with E-state index in [-0.39, 0.29) is 5.41 Å². The van der Waals surface area contributed by atoms with Crippen molar-refractivity contribution in [2.45, 2.75) is 58.5 Å². The minimum Gasteiger partial charge on any atom is -0.444 e. The highest BCUT2D eigenvalue weighted by molar-refractivity contribution is 5.05. The van der Waals surface area contributed by atoms with Crippen LogP contribution in [0.25, 0.3) is 0 Å². The average molecular weight is 266 g/mol. The van der Waals surface area contributed by atoms with Crippen LogP contribution in [0.15, 0.2) is 10.6 Å². The number of rotatable bonds is 4. The predicted molar refractivity (Wildman–Crippen MR) is 75.0 cm³/mol. The molecule has 1 saturated heterocycles. The Morgan fingerprint density at radius 1 is 1.37 bits per heavy atom. The maximum atomic E-state index is 5.79. The van der Waals surface area contributed by atoms with Gasteiger partial charge in [-0.2, -0.15) is 0 Å². The topological polar surface area (TPSA) is 47.3 Å². The van der Waals surface area contributed by atoms with Gasteiger partial charge in [-0.15, -0.1) is 0 Å². The van der Waals surface area contributed by atoms with Crippen molar-refractivity contribution in [3.05, 3.63) is 17.8 Å². The lowest BCUT2D eigenvalue weighted by Crippen LogP contribution is -2.36. The number of oxazole rings is 1. The third-order valence-electron chi connectivity index (χ3n) is 3.84. The van der Waals surface area contributed by atoms with Gasteiger partial charge >= 0.3 is 0 Å². The van der Waals surface area contributed by atoms with Gasteiger partial charge in [-0.3, -0.25) is 0 Å². The molecule has 1 fully saturated rings. The molecular weight excluding hydrogens is 240 g/mol. The summed E-state index contributed by atoms with van der Waals surface area (Å²) in [5.74, 6) is 2.43. The largest absolute Gasteiger partial charge is 0.444 e. The van der Waals surface area contributed by atoms with E-state index < -0.39 is 0 Å². The molecule has 1 atom stereocenters. The van der Waals surface area contributed by atoms with Crippen LogP contribution in [0.1, 0.15) is 52.2 Å². The number of hydrogen-bond acceptors (Lipinski definition) is 4. The second-order valence-corrected chi connectivity index (χ2v) is 6.49. The van der Waals surface area contributed by atoms with Gasteiger partial charge in [0.1, 0.15) is 5.76 Å². The number of hydrogen-bond donors (Lipinski definition) is 1. The van der Waals surface area contributed by atoms with Gasteiger partial charge < -0.3 is 14.5 Å². The van der Waals surface area contributed by atoms with E-state index in [0.29, 0.717) is 18.5 Å². The third-order valence-corrected chi connectivity index (χ3v) is 3.84. The van der Waals surface area contributed by atoms with Crippen LogP contribution in [0.4, 0.5) is 0 Å². The van der Waals surface area contributed by atoms with E-state index in [4.69, 9.17) is 9.15 Å². The summed E-state index contributed by atoms with van der Waals surface area (Å²) in [7, 11) is 0. The molecule has 1 aromatic rings. The molecule has 0 spiro atoms. The van der Waals surface area contributed by atoms with E-state index >= 15 is 0 Å². The molecule has 0 bridgehead atoms. The summed E-state index contributed by atoms with van der Waals surface area (Å²) >= 11 is 0. The van der Waals surface area contributed by atoms with Crippen molar-refractivity contribution in [2.75, 3.05) is 13.2 Å². The smallest absolute Gasteiger partial charge is 0.208 e. The van der Waals surface area contributed by atoms with Crippen LogP contribution < -0.4 is 5.32 Å². The Kier molecular flexibility index (Phi) is 4.63. The van der Waals surface area contributed by atoms with Gasteiger partial charge in [-0.25, -0.2) is 4.98 Å². The first-order chi connectivity index (χ1) is 8.97. The highest BCUT2D eigenvalue weighted by Gasteiger charge is 2.22. The van der Waals surface area contributed by atoms with Crippen LogP contribution >= 0.6 is 0 Å². The van der Waals surface area contributed by atoms with Gasteiger partial charge in [0.2, 0.25) is 5.89 Å². The summed E-state index contributed by atoms with van der Waals surface area (Å²) in [5.41, 5.74) is 0.0254. The fraction of sp³-hybridized carbons (Fsp3) is 0.800. The van der Waals surface area contributed by atoms with Crippen LogP contribution in [0.5, 0.6) is 0 Å². The zero-order valence-electron chi connectivity index (χ0n) is 12.5. The van der Waals surface area contributed by atoms with E-state index in [1.165, 1.54) is 0 Å². The first kappa shape index (κ1) is 14.5. The van der Waals surface area contributed by atoms with Crippen LogP contribution in [0.2, 0.25) is 0 Å². The first-order valence-electron chi connectivity index (χ1n) is 7.23. The van der Waals surface area contributed by atoms with Crippen molar-refractivity contribution >= 4 is 0 Å². The first-order valence-corrected chi connectivity index (χ1v) is 7.23. The summed E-state index contributed by atoms with van der Waals surface area (Å²) < 4.78 is 11.2. The molecule has 1 aliphatic rings. The summed E-state index contributed by atoms with van der Waals surface area (Å²) in [4.78, 5) is 4.35. The number of nitrogens with zero attached hydrogens (tertiary/aromatic N) is 1. The van der Waals surface area contributed by atoms with Gasteiger partial charge in [0.15, 0.2) is 0 Å². The third kappa shape index (κ3) is 4.05. The lowest BCUT2D eigenvalue weighted by Gasteiger charge is -2.28. The summed E-state index contributed by atoms with van der Waals surface area (Å²) in [6.45, 7) is 11.1. The highest BCUT2D eigenvalue weighted by atomic mass is 16.5. The Morgan fingerprint density at radius 2 is 2.05 bits per heavy atom. The van der Waals surface area contributed by atoms with E-state index in [1.807, 2.05) is 6.20 Å². The Morgan fingerprint density at radius 3 is 2.63 bits per heavy atom. The summed E-state index contributed by atoms with van der Waals surface area (Å²) in [5, 5.41) is 3.52. The Hall–Kier alpha value is -0.870. The molecule has 4 heteroatoms. The molecule has 4 nitrogen and oxygen atoms in total. The summed E-state index contributed by atoms with van der Waals surface area (Å²) in [6.07, 6.45) is 4.14. The monoisotopic (exact) mass is 266 g/mol. The quantitative estimate of drug-likeness (QED) is 0.910. The van der Waals surface area contributed by atoms with Crippen LogP contribution in [-0.2, 0) is 16.7 Å². The van der Waals surface area contributed by atoms with E-state index in [1.54, 1.807) is 0 Å². The van der Waals surface area contributed by atoms with Crippen LogP contribution in [0.3, 0.4) is 0 Å². The molecule has 0 unspecified atom stereocenters. The molecule has 0 radical (unpaired) electrons. The molecule has 108 valence electrons. The van der Waals surface area contributed by atoms with Gasteiger partial charge in [0, 0.05) is 24.7 Å². The maximum Gasteiger partial charge on any atom is 0.208 e. The zero-order valence-corrected chi connectivity index (χ0v) is 12.5. The second-order valence-electron chi connectivity index (χ2n) is 6.49. The lowest BCUT2D eigenvalue weighted by atomic mass is 9.93. The SMILES string of the molecule is C[C@H](NCc1ncc(C(C)(C)C)o1)C1CCOCC1. The number of nitrogens with one attached hydrogen (secondary N) is 1. The minimum absolute atomic E-state index is 0.0254. The van der Waals surface area contributed by atoms with Crippen molar-refractivity contribution in [2.24, 2.45) is 5.92 Å². The van der Waals surface area contributed by atoms with Crippen LogP contribution in [-0.4, -0.2) is 24.2 Å². The normalized spacial score (nSPS) is 19.6. The molecule has 0 aromatic carbocycles. The van der Waals surface area contributed by atoms with Gasteiger partial charge in [0.05, 0.1) is 12.7 Å². The predicted octanol–water partition coefficient (Wildman–Crippen LogP) is 2.88. The molecule has 2 heterocycles. The Bertz CT molecular complexity index is 389. The van der Waals surface area contributed by atoms with Gasteiger partial charge in [-0.1, -0.05) is 20.8 Å². The van der Waals surface area contributed by atoms with Gasteiger partial charge in [0.25, 0.3) is 0 Å². The highest BCUT2D eigenvalue weighted by Crippen LogP contribution is 2.23. The average Bonchev–Trinajstić information content (AvgIpc) is 2.86. The van der Waals surface area contributed by atoms with E-state index in [0.717, 1.165) is 37.7 Å². The fourth-order valence-corrected chi connectivity index (χ4v) is 2.37. The van der Waals surface area contributed by atoms with Gasteiger partial charge in [-0.05, 0) is 25.7 Å². The number of ether oxygens (including phenoxy) is 1.